The lowest BCUT2D eigenvalue weighted by Crippen LogP contribution is -2.35. The van der Waals surface area contributed by atoms with E-state index in [1.807, 2.05) is 6.07 Å². The van der Waals surface area contributed by atoms with Crippen molar-refractivity contribution in [1.29, 1.82) is 5.26 Å². The van der Waals surface area contributed by atoms with Crippen LogP contribution in [-0.4, -0.2) is 35.5 Å². The molecule has 0 heterocycles. The first kappa shape index (κ1) is 13.4. The molecule has 0 bridgehead atoms. The summed E-state index contributed by atoms with van der Waals surface area (Å²) in [6.45, 7) is 3.35. The lowest BCUT2D eigenvalue weighted by Gasteiger charge is -2.22. The minimum atomic E-state index is -1.06. The van der Waals surface area contributed by atoms with Gasteiger partial charge < -0.3 is 10.0 Å². The zero-order valence-electron chi connectivity index (χ0n) is 9.28. The molecule has 0 aliphatic rings. The Bertz CT molecular complexity index is 292. The summed E-state index contributed by atoms with van der Waals surface area (Å²) in [5.74, 6) is -1.25. The summed E-state index contributed by atoms with van der Waals surface area (Å²) >= 11 is 0. The fourth-order valence-corrected chi connectivity index (χ4v) is 0.931. The number of hydrogen-bond donors (Lipinski definition) is 1. The molecule has 5 heteroatoms. The third-order valence-corrected chi connectivity index (χ3v) is 2.16. The van der Waals surface area contributed by atoms with Gasteiger partial charge in [-0.1, -0.05) is 0 Å². The van der Waals surface area contributed by atoms with Crippen LogP contribution in [0.1, 0.15) is 26.7 Å². The monoisotopic (exact) mass is 212 g/mol. The second-order valence-electron chi connectivity index (χ2n) is 4.09. The molecule has 0 atom stereocenters. The first-order valence-electron chi connectivity index (χ1n) is 4.65. The molecule has 1 N–H and O–H groups in total. The van der Waals surface area contributed by atoms with E-state index in [1.165, 1.54) is 18.7 Å². The molecule has 0 spiro atoms. The number of carbonyl (C=O) groups excluding carboxylic acids is 1. The number of amides is 1. The quantitative estimate of drug-likeness (QED) is 0.732. The van der Waals surface area contributed by atoms with Crippen molar-refractivity contribution in [2.75, 3.05) is 13.6 Å². The first-order valence-corrected chi connectivity index (χ1v) is 4.65. The Morgan fingerprint density at radius 1 is 1.47 bits per heavy atom. The van der Waals surface area contributed by atoms with Crippen molar-refractivity contribution in [1.82, 2.24) is 4.90 Å². The summed E-state index contributed by atoms with van der Waals surface area (Å²) < 4.78 is 0. The third kappa shape index (κ3) is 4.45. The van der Waals surface area contributed by atoms with Crippen LogP contribution >= 0.6 is 0 Å². The highest BCUT2D eigenvalue weighted by Crippen LogP contribution is 2.21. The largest absolute Gasteiger partial charge is 0.481 e. The highest BCUT2D eigenvalue weighted by Gasteiger charge is 2.31. The topological polar surface area (TPSA) is 81.4 Å². The van der Waals surface area contributed by atoms with Gasteiger partial charge in [-0.05, 0) is 13.8 Å². The molecule has 1 amide bonds. The Balaban J connectivity index is 4.25. The molecular formula is C10H16N2O3. The van der Waals surface area contributed by atoms with Gasteiger partial charge in [0.25, 0.3) is 0 Å². The van der Waals surface area contributed by atoms with E-state index in [9.17, 15) is 9.59 Å². The molecule has 5 nitrogen and oxygen atoms in total. The second-order valence-corrected chi connectivity index (χ2v) is 4.09. The molecule has 15 heavy (non-hydrogen) atoms. The van der Waals surface area contributed by atoms with Gasteiger partial charge in [0.1, 0.15) is 0 Å². The van der Waals surface area contributed by atoms with Crippen LogP contribution in [0.5, 0.6) is 0 Å². The molecule has 84 valence electrons. The van der Waals surface area contributed by atoms with Crippen LogP contribution in [0.25, 0.3) is 0 Å². The van der Waals surface area contributed by atoms with Crippen molar-refractivity contribution >= 4 is 11.9 Å². The van der Waals surface area contributed by atoms with Crippen LogP contribution in [0.4, 0.5) is 0 Å². The van der Waals surface area contributed by atoms with E-state index in [0.717, 1.165) is 0 Å². The van der Waals surface area contributed by atoms with E-state index >= 15 is 0 Å². The van der Waals surface area contributed by atoms with E-state index in [1.54, 1.807) is 7.05 Å². The zero-order valence-corrected chi connectivity index (χ0v) is 9.28. The lowest BCUT2D eigenvalue weighted by atomic mass is 9.89. The van der Waals surface area contributed by atoms with Crippen molar-refractivity contribution < 1.29 is 14.7 Å². The van der Waals surface area contributed by atoms with Gasteiger partial charge in [-0.25, -0.2) is 0 Å². The van der Waals surface area contributed by atoms with Gasteiger partial charge in [0.05, 0.1) is 17.9 Å². The number of carboxylic acid groups (broad SMARTS) is 1. The molecule has 0 saturated heterocycles. The Morgan fingerprint density at radius 3 is 2.40 bits per heavy atom. The van der Waals surface area contributed by atoms with Crippen molar-refractivity contribution in [3.05, 3.63) is 0 Å². The van der Waals surface area contributed by atoms with E-state index in [0.29, 0.717) is 6.54 Å². The second kappa shape index (κ2) is 5.35. The highest BCUT2D eigenvalue weighted by molar-refractivity contribution is 5.84. The van der Waals surface area contributed by atoms with Crippen molar-refractivity contribution in [2.45, 2.75) is 26.7 Å². The van der Waals surface area contributed by atoms with Crippen LogP contribution in [0.2, 0.25) is 0 Å². The minimum absolute atomic E-state index is 0.0513. The average molecular weight is 212 g/mol. The number of nitrogens with zero attached hydrogens (tertiary/aromatic N) is 2. The van der Waals surface area contributed by atoms with Gasteiger partial charge in [0, 0.05) is 20.0 Å². The summed E-state index contributed by atoms with van der Waals surface area (Å²) in [7, 11) is 1.57. The molecule has 0 unspecified atom stereocenters. The summed E-state index contributed by atoms with van der Waals surface area (Å²) in [6, 6.07) is 1.93. The maximum Gasteiger partial charge on any atom is 0.309 e. The molecular weight excluding hydrogens is 196 g/mol. The molecule has 0 fully saturated rings. The van der Waals surface area contributed by atoms with Crippen LogP contribution in [0.3, 0.4) is 0 Å². The van der Waals surface area contributed by atoms with Crippen molar-refractivity contribution in [3.8, 4) is 6.07 Å². The van der Waals surface area contributed by atoms with Crippen molar-refractivity contribution in [2.24, 2.45) is 5.41 Å². The van der Waals surface area contributed by atoms with E-state index in [4.69, 9.17) is 10.4 Å². The van der Waals surface area contributed by atoms with Gasteiger partial charge in [-0.2, -0.15) is 5.26 Å². The number of nitriles is 1. The fraction of sp³-hybridized carbons (Fsp3) is 0.700. The molecule has 0 aliphatic heterocycles. The Morgan fingerprint density at radius 2 is 2.00 bits per heavy atom. The number of carboxylic acids is 1. The van der Waals surface area contributed by atoms with Crippen LogP contribution in [0, 0.1) is 16.7 Å². The summed E-state index contributed by atoms with van der Waals surface area (Å²) in [5.41, 5.74) is -1.06. The molecule has 0 aromatic rings. The molecule has 0 aromatic heterocycles. The fourth-order valence-electron chi connectivity index (χ4n) is 0.931. The molecule has 0 rings (SSSR count). The van der Waals surface area contributed by atoms with Gasteiger partial charge in [-0.15, -0.1) is 0 Å². The SMILES string of the molecule is CN(CCC#N)C(=O)CC(C)(C)C(=O)O. The molecule has 0 aromatic carbocycles. The predicted octanol–water partition coefficient (Wildman–Crippen LogP) is 0.859. The Kier molecular flexibility index (Phi) is 4.79. The Labute approximate surface area is 89.3 Å². The number of aliphatic carboxylic acids is 1. The maximum atomic E-state index is 11.5. The number of carbonyl (C=O) groups is 2. The number of hydrogen-bond acceptors (Lipinski definition) is 3. The van der Waals surface area contributed by atoms with Crippen LogP contribution in [-0.2, 0) is 9.59 Å². The first-order chi connectivity index (χ1) is 6.81. The standard InChI is InChI=1S/C10H16N2O3/c1-10(2,9(14)15)7-8(13)12(3)6-4-5-11/h4,6-7H2,1-3H3,(H,14,15). The zero-order chi connectivity index (χ0) is 12.1. The van der Waals surface area contributed by atoms with Crippen LogP contribution < -0.4 is 0 Å². The summed E-state index contributed by atoms with van der Waals surface area (Å²) in [4.78, 5) is 23.7. The molecule has 0 radical (unpaired) electrons. The van der Waals surface area contributed by atoms with E-state index in [-0.39, 0.29) is 18.7 Å². The highest BCUT2D eigenvalue weighted by atomic mass is 16.4. The molecule has 0 aliphatic carbocycles. The smallest absolute Gasteiger partial charge is 0.309 e. The maximum absolute atomic E-state index is 11.5. The average Bonchev–Trinajstić information content (AvgIpc) is 2.13. The normalized spacial score (nSPS) is 10.5. The minimum Gasteiger partial charge on any atom is -0.481 e. The summed E-state index contributed by atoms with van der Waals surface area (Å²) in [5, 5.41) is 17.2. The predicted molar refractivity (Wildman–Crippen MR) is 53.9 cm³/mol. The lowest BCUT2D eigenvalue weighted by molar-refractivity contribution is -0.151. The van der Waals surface area contributed by atoms with Gasteiger partial charge in [0.2, 0.25) is 5.91 Å². The molecule has 0 saturated carbocycles. The van der Waals surface area contributed by atoms with Gasteiger partial charge in [-0.3, -0.25) is 9.59 Å². The van der Waals surface area contributed by atoms with Gasteiger partial charge >= 0.3 is 5.97 Å². The third-order valence-electron chi connectivity index (χ3n) is 2.16. The van der Waals surface area contributed by atoms with E-state index in [2.05, 4.69) is 0 Å². The van der Waals surface area contributed by atoms with Gasteiger partial charge in [0.15, 0.2) is 0 Å². The number of rotatable bonds is 5. The van der Waals surface area contributed by atoms with Crippen LogP contribution in [0.15, 0.2) is 0 Å². The van der Waals surface area contributed by atoms with Crippen molar-refractivity contribution in [3.63, 3.8) is 0 Å². The summed E-state index contributed by atoms with van der Waals surface area (Å²) in [6.07, 6.45) is 0.208. The Hall–Kier alpha value is -1.57. The van der Waals surface area contributed by atoms with E-state index < -0.39 is 11.4 Å².